The SMILES string of the molecule is Cc1[nH]c2ccc(/C=C/CN(C)C)cc2c1C(=O)OCc1ccccc1. The molecule has 0 aliphatic rings. The van der Waals surface area contributed by atoms with Crippen molar-refractivity contribution < 1.29 is 9.53 Å². The number of hydrogen-bond donors (Lipinski definition) is 1. The van der Waals surface area contributed by atoms with E-state index in [4.69, 9.17) is 4.74 Å². The molecule has 4 nitrogen and oxygen atoms in total. The number of nitrogens with one attached hydrogen (secondary N) is 1. The number of nitrogens with zero attached hydrogens (tertiary/aromatic N) is 1. The first kappa shape index (κ1) is 18.0. The summed E-state index contributed by atoms with van der Waals surface area (Å²) in [5.41, 5.74) is 4.42. The number of aryl methyl sites for hydroxylation is 1. The van der Waals surface area contributed by atoms with Crippen molar-refractivity contribution in [1.82, 2.24) is 9.88 Å². The lowest BCUT2D eigenvalue weighted by Gasteiger charge is -2.06. The van der Waals surface area contributed by atoms with Crippen LogP contribution >= 0.6 is 0 Å². The minimum Gasteiger partial charge on any atom is -0.457 e. The van der Waals surface area contributed by atoms with Crippen LogP contribution in [0.5, 0.6) is 0 Å². The van der Waals surface area contributed by atoms with Gasteiger partial charge in [0.25, 0.3) is 0 Å². The zero-order valence-electron chi connectivity index (χ0n) is 15.5. The van der Waals surface area contributed by atoms with Crippen LogP contribution in [0.2, 0.25) is 0 Å². The number of aromatic amines is 1. The number of H-pyrrole nitrogens is 1. The van der Waals surface area contributed by atoms with Crippen LogP contribution < -0.4 is 0 Å². The molecule has 0 fully saturated rings. The number of likely N-dealkylation sites (N-methyl/N-ethyl adjacent to an activating group) is 1. The number of rotatable bonds is 6. The van der Waals surface area contributed by atoms with Crippen LogP contribution in [0.1, 0.15) is 27.2 Å². The van der Waals surface area contributed by atoms with Crippen molar-refractivity contribution in [2.24, 2.45) is 0 Å². The second kappa shape index (κ2) is 8.02. The highest BCUT2D eigenvalue weighted by molar-refractivity contribution is 6.06. The predicted octanol–water partition coefficient (Wildman–Crippen LogP) is 4.41. The van der Waals surface area contributed by atoms with E-state index in [-0.39, 0.29) is 12.6 Å². The molecule has 0 aliphatic carbocycles. The first-order chi connectivity index (χ1) is 12.5. The van der Waals surface area contributed by atoms with E-state index in [0.717, 1.165) is 34.3 Å². The Kier molecular flexibility index (Phi) is 5.54. The maximum absolute atomic E-state index is 12.7. The predicted molar refractivity (Wildman–Crippen MR) is 106 cm³/mol. The fourth-order valence-electron chi connectivity index (χ4n) is 2.91. The van der Waals surface area contributed by atoms with Gasteiger partial charge in [0, 0.05) is 23.1 Å². The summed E-state index contributed by atoms with van der Waals surface area (Å²) in [5.74, 6) is -0.299. The van der Waals surface area contributed by atoms with E-state index >= 15 is 0 Å². The Morgan fingerprint density at radius 3 is 2.65 bits per heavy atom. The topological polar surface area (TPSA) is 45.3 Å². The van der Waals surface area contributed by atoms with Gasteiger partial charge in [-0.25, -0.2) is 4.79 Å². The molecule has 0 amide bonds. The number of benzene rings is 2. The normalized spacial score (nSPS) is 11.5. The zero-order chi connectivity index (χ0) is 18.5. The van der Waals surface area contributed by atoms with Crippen molar-refractivity contribution in [3.63, 3.8) is 0 Å². The van der Waals surface area contributed by atoms with E-state index in [1.54, 1.807) is 0 Å². The van der Waals surface area contributed by atoms with Crippen LogP contribution in [0.15, 0.2) is 54.6 Å². The molecule has 26 heavy (non-hydrogen) atoms. The summed E-state index contributed by atoms with van der Waals surface area (Å²) in [6.45, 7) is 3.05. The number of hydrogen-bond acceptors (Lipinski definition) is 3. The minimum atomic E-state index is -0.299. The minimum absolute atomic E-state index is 0.272. The summed E-state index contributed by atoms with van der Waals surface area (Å²) in [6.07, 6.45) is 4.18. The molecular formula is C22H24N2O2. The number of carbonyl (C=O) groups excluding carboxylic acids is 1. The molecule has 0 radical (unpaired) electrons. The first-order valence-corrected chi connectivity index (χ1v) is 8.69. The van der Waals surface area contributed by atoms with Crippen LogP contribution in [0.3, 0.4) is 0 Å². The molecule has 0 saturated heterocycles. The van der Waals surface area contributed by atoms with Crippen molar-refractivity contribution in [3.05, 3.63) is 77.0 Å². The van der Waals surface area contributed by atoms with E-state index in [0.29, 0.717) is 5.56 Å². The van der Waals surface area contributed by atoms with Gasteiger partial charge in [-0.3, -0.25) is 0 Å². The quantitative estimate of drug-likeness (QED) is 0.671. The fourth-order valence-corrected chi connectivity index (χ4v) is 2.91. The third-order valence-corrected chi connectivity index (χ3v) is 4.21. The molecule has 0 aliphatic heterocycles. The highest BCUT2D eigenvalue weighted by atomic mass is 16.5. The fraction of sp³-hybridized carbons (Fsp3) is 0.227. The Morgan fingerprint density at radius 1 is 1.15 bits per heavy atom. The van der Waals surface area contributed by atoms with E-state index < -0.39 is 0 Å². The summed E-state index contributed by atoms with van der Waals surface area (Å²) in [6, 6.07) is 15.8. The van der Waals surface area contributed by atoms with Gasteiger partial charge in [0.15, 0.2) is 0 Å². The Hall–Kier alpha value is -2.85. The smallest absolute Gasteiger partial charge is 0.340 e. The molecule has 4 heteroatoms. The number of ether oxygens (including phenoxy) is 1. The lowest BCUT2D eigenvalue weighted by atomic mass is 10.1. The van der Waals surface area contributed by atoms with Crippen LogP contribution in [0, 0.1) is 6.92 Å². The summed E-state index contributed by atoms with van der Waals surface area (Å²) >= 11 is 0. The monoisotopic (exact) mass is 348 g/mol. The van der Waals surface area contributed by atoms with Gasteiger partial charge < -0.3 is 14.6 Å². The van der Waals surface area contributed by atoms with Crippen molar-refractivity contribution >= 4 is 22.9 Å². The molecule has 1 N–H and O–H groups in total. The second-order valence-corrected chi connectivity index (χ2v) is 6.66. The maximum atomic E-state index is 12.7. The van der Waals surface area contributed by atoms with Crippen molar-refractivity contribution in [2.75, 3.05) is 20.6 Å². The van der Waals surface area contributed by atoms with Crippen LogP contribution in [0.4, 0.5) is 0 Å². The summed E-state index contributed by atoms with van der Waals surface area (Å²) < 4.78 is 5.53. The van der Waals surface area contributed by atoms with E-state index in [1.807, 2.05) is 69.6 Å². The number of carbonyl (C=O) groups is 1. The molecule has 1 aromatic heterocycles. The van der Waals surface area contributed by atoms with E-state index in [9.17, 15) is 4.79 Å². The Bertz CT molecular complexity index is 924. The van der Waals surface area contributed by atoms with Gasteiger partial charge in [-0.05, 0) is 44.3 Å². The highest BCUT2D eigenvalue weighted by Crippen LogP contribution is 2.25. The Morgan fingerprint density at radius 2 is 1.92 bits per heavy atom. The molecule has 0 unspecified atom stereocenters. The standard InChI is InChI=1S/C22H24N2O2/c1-16-21(22(25)26-15-18-8-5-4-6-9-18)19-14-17(10-7-13-24(2)3)11-12-20(19)23-16/h4-12,14,23H,13,15H2,1-3H3/b10-7+. The lowest BCUT2D eigenvalue weighted by molar-refractivity contribution is 0.0474. The second-order valence-electron chi connectivity index (χ2n) is 6.66. The molecule has 3 aromatic rings. The number of esters is 1. The van der Waals surface area contributed by atoms with E-state index in [2.05, 4.69) is 22.0 Å². The van der Waals surface area contributed by atoms with Gasteiger partial charge >= 0.3 is 5.97 Å². The van der Waals surface area contributed by atoms with Crippen LogP contribution in [-0.4, -0.2) is 36.5 Å². The highest BCUT2D eigenvalue weighted by Gasteiger charge is 2.17. The van der Waals surface area contributed by atoms with Gasteiger partial charge in [-0.2, -0.15) is 0 Å². The summed E-state index contributed by atoms with van der Waals surface area (Å²) in [5, 5.41) is 0.896. The molecule has 3 rings (SSSR count). The van der Waals surface area contributed by atoms with Gasteiger partial charge in [-0.15, -0.1) is 0 Å². The largest absolute Gasteiger partial charge is 0.457 e. The molecular weight excluding hydrogens is 324 g/mol. The van der Waals surface area contributed by atoms with E-state index in [1.165, 1.54) is 0 Å². The Balaban J connectivity index is 1.83. The zero-order valence-corrected chi connectivity index (χ0v) is 15.5. The molecule has 134 valence electrons. The summed E-state index contributed by atoms with van der Waals surface area (Å²) in [7, 11) is 4.06. The van der Waals surface area contributed by atoms with Gasteiger partial charge in [0.05, 0.1) is 5.56 Å². The van der Waals surface area contributed by atoms with Gasteiger partial charge in [-0.1, -0.05) is 48.6 Å². The average molecular weight is 348 g/mol. The molecule has 1 heterocycles. The molecule has 0 saturated carbocycles. The van der Waals surface area contributed by atoms with Crippen LogP contribution in [-0.2, 0) is 11.3 Å². The number of fused-ring (bicyclic) bond motifs is 1. The van der Waals surface area contributed by atoms with Crippen LogP contribution in [0.25, 0.3) is 17.0 Å². The van der Waals surface area contributed by atoms with Crippen molar-refractivity contribution in [1.29, 1.82) is 0 Å². The van der Waals surface area contributed by atoms with Gasteiger partial charge in [0.2, 0.25) is 0 Å². The summed E-state index contributed by atoms with van der Waals surface area (Å²) in [4.78, 5) is 18.0. The molecule has 2 aromatic carbocycles. The molecule has 0 spiro atoms. The third-order valence-electron chi connectivity index (χ3n) is 4.21. The molecule has 0 bridgehead atoms. The Labute approximate surface area is 154 Å². The molecule has 0 atom stereocenters. The maximum Gasteiger partial charge on any atom is 0.340 e. The van der Waals surface area contributed by atoms with Crippen molar-refractivity contribution in [3.8, 4) is 0 Å². The first-order valence-electron chi connectivity index (χ1n) is 8.69. The lowest BCUT2D eigenvalue weighted by Crippen LogP contribution is -2.10. The van der Waals surface area contributed by atoms with Crippen molar-refractivity contribution in [2.45, 2.75) is 13.5 Å². The number of aromatic nitrogens is 1. The average Bonchev–Trinajstić information content (AvgIpc) is 2.95. The third kappa shape index (κ3) is 4.21. The van der Waals surface area contributed by atoms with Gasteiger partial charge in [0.1, 0.15) is 6.61 Å².